The normalized spacial score (nSPS) is 19.7. The zero-order chi connectivity index (χ0) is 13.8. The number of aliphatic hydroxyl groups excluding tert-OH is 2. The first-order valence-corrected chi connectivity index (χ1v) is 6.79. The molecular formula is C15H23NO3. The van der Waals surface area contributed by atoms with E-state index in [1.165, 1.54) is 0 Å². The lowest BCUT2D eigenvalue weighted by Gasteiger charge is -2.15. The van der Waals surface area contributed by atoms with Gasteiger partial charge in [0.25, 0.3) is 0 Å². The van der Waals surface area contributed by atoms with E-state index in [1.807, 2.05) is 37.2 Å². The number of hydrogen-bond donors (Lipinski definition) is 2. The van der Waals surface area contributed by atoms with E-state index in [4.69, 9.17) is 4.74 Å². The highest BCUT2D eigenvalue weighted by Gasteiger charge is 2.21. The summed E-state index contributed by atoms with van der Waals surface area (Å²) >= 11 is 0. The van der Waals surface area contributed by atoms with Crippen LogP contribution in [-0.2, 0) is 11.2 Å². The zero-order valence-electron chi connectivity index (χ0n) is 11.7. The maximum atomic E-state index is 10.1. The molecule has 106 valence electrons. The van der Waals surface area contributed by atoms with Gasteiger partial charge in [0, 0.05) is 6.54 Å². The predicted molar refractivity (Wildman–Crippen MR) is 74.1 cm³/mol. The lowest BCUT2D eigenvalue weighted by atomic mass is 10.0. The van der Waals surface area contributed by atoms with Crippen molar-refractivity contribution in [3.05, 3.63) is 34.9 Å². The minimum absolute atomic E-state index is 0.315. The Morgan fingerprint density at radius 3 is 2.95 bits per heavy atom. The number of aliphatic hydroxyl groups is 2. The van der Waals surface area contributed by atoms with Crippen LogP contribution in [0.2, 0.25) is 0 Å². The molecule has 2 unspecified atom stereocenters. The van der Waals surface area contributed by atoms with E-state index in [1.54, 1.807) is 0 Å². The van der Waals surface area contributed by atoms with Gasteiger partial charge in [0.15, 0.2) is 0 Å². The number of fused-ring (bicyclic) bond motifs is 1. The van der Waals surface area contributed by atoms with Gasteiger partial charge in [-0.05, 0) is 43.6 Å². The van der Waals surface area contributed by atoms with Crippen molar-refractivity contribution in [1.82, 2.24) is 4.90 Å². The third-order valence-corrected chi connectivity index (χ3v) is 3.56. The molecule has 4 heteroatoms. The molecule has 0 bridgehead atoms. The Balaban J connectivity index is 1.88. The molecule has 1 aromatic rings. The van der Waals surface area contributed by atoms with Crippen LogP contribution in [0.25, 0.3) is 0 Å². The smallest absolute Gasteiger partial charge is 0.102 e. The van der Waals surface area contributed by atoms with E-state index < -0.39 is 6.10 Å². The molecule has 19 heavy (non-hydrogen) atoms. The number of nitrogens with zero attached hydrogens (tertiary/aromatic N) is 1. The minimum atomic E-state index is -0.592. The maximum Gasteiger partial charge on any atom is 0.102 e. The summed E-state index contributed by atoms with van der Waals surface area (Å²) < 4.78 is 5.46. The molecule has 1 aromatic carbocycles. The van der Waals surface area contributed by atoms with Gasteiger partial charge >= 0.3 is 0 Å². The van der Waals surface area contributed by atoms with Crippen LogP contribution < -0.4 is 0 Å². The molecule has 0 amide bonds. The van der Waals surface area contributed by atoms with Crippen molar-refractivity contribution >= 4 is 0 Å². The van der Waals surface area contributed by atoms with Crippen molar-refractivity contribution in [2.45, 2.75) is 25.0 Å². The molecule has 0 fully saturated rings. The van der Waals surface area contributed by atoms with Crippen molar-refractivity contribution in [3.8, 4) is 0 Å². The van der Waals surface area contributed by atoms with E-state index in [2.05, 4.69) is 0 Å². The predicted octanol–water partition coefficient (Wildman–Crippen LogP) is 1.28. The number of likely N-dealkylation sites (N-methyl/N-ethyl adjacent to an activating group) is 1. The molecule has 1 aliphatic rings. The fourth-order valence-electron chi connectivity index (χ4n) is 2.36. The Bertz CT molecular complexity index is 420. The Kier molecular flexibility index (Phi) is 4.93. The summed E-state index contributed by atoms with van der Waals surface area (Å²) in [6.45, 7) is 1.78. The summed E-state index contributed by atoms with van der Waals surface area (Å²) in [6, 6.07) is 5.80. The molecule has 0 aliphatic heterocycles. The Morgan fingerprint density at radius 2 is 2.21 bits per heavy atom. The van der Waals surface area contributed by atoms with Gasteiger partial charge in [-0.1, -0.05) is 18.2 Å². The molecule has 2 N–H and O–H groups in total. The third-order valence-electron chi connectivity index (χ3n) is 3.56. The summed E-state index contributed by atoms with van der Waals surface area (Å²) in [7, 11) is 3.98. The number of rotatable bonds is 6. The summed E-state index contributed by atoms with van der Waals surface area (Å²) in [4.78, 5) is 2.04. The van der Waals surface area contributed by atoms with Crippen LogP contribution in [0.3, 0.4) is 0 Å². The first-order chi connectivity index (χ1) is 9.08. The molecule has 2 rings (SSSR count). The highest BCUT2D eigenvalue weighted by molar-refractivity contribution is 5.37. The second-order valence-electron chi connectivity index (χ2n) is 5.41. The topological polar surface area (TPSA) is 52.9 Å². The lowest BCUT2D eigenvalue weighted by Crippen LogP contribution is -2.19. The molecule has 0 aromatic heterocycles. The van der Waals surface area contributed by atoms with E-state index in [9.17, 15) is 10.2 Å². The average Bonchev–Trinajstić information content (AvgIpc) is 2.75. The van der Waals surface area contributed by atoms with Crippen LogP contribution in [0.1, 0.15) is 35.3 Å². The van der Waals surface area contributed by atoms with Crippen molar-refractivity contribution in [1.29, 1.82) is 0 Å². The Labute approximate surface area is 114 Å². The molecule has 1 aliphatic carbocycles. The van der Waals surface area contributed by atoms with Gasteiger partial charge in [-0.25, -0.2) is 0 Å². The van der Waals surface area contributed by atoms with Gasteiger partial charge in [-0.3, -0.25) is 0 Å². The summed E-state index contributed by atoms with van der Waals surface area (Å²) in [5.74, 6) is 0. The van der Waals surface area contributed by atoms with Crippen molar-refractivity contribution in [2.24, 2.45) is 0 Å². The number of benzene rings is 1. The number of hydrogen-bond acceptors (Lipinski definition) is 4. The molecule has 0 spiro atoms. The average molecular weight is 265 g/mol. The van der Waals surface area contributed by atoms with Crippen LogP contribution in [0.4, 0.5) is 0 Å². The third kappa shape index (κ3) is 3.76. The fraction of sp³-hybridized carbons (Fsp3) is 0.600. The van der Waals surface area contributed by atoms with E-state index in [-0.39, 0.29) is 6.10 Å². The first kappa shape index (κ1) is 14.5. The summed E-state index contributed by atoms with van der Waals surface area (Å²) in [5.41, 5.74) is 3.03. The van der Waals surface area contributed by atoms with Crippen LogP contribution in [0.15, 0.2) is 18.2 Å². The van der Waals surface area contributed by atoms with E-state index in [0.29, 0.717) is 13.2 Å². The zero-order valence-corrected chi connectivity index (χ0v) is 11.7. The second-order valence-corrected chi connectivity index (χ2v) is 5.41. The van der Waals surface area contributed by atoms with Crippen molar-refractivity contribution < 1.29 is 14.9 Å². The molecular weight excluding hydrogens is 242 g/mol. The van der Waals surface area contributed by atoms with Gasteiger partial charge < -0.3 is 19.8 Å². The molecule has 4 nitrogen and oxygen atoms in total. The minimum Gasteiger partial charge on any atom is -0.388 e. The molecule has 0 radical (unpaired) electrons. The summed E-state index contributed by atoms with van der Waals surface area (Å²) in [6.07, 6.45) is 0.745. The monoisotopic (exact) mass is 265 g/mol. The number of aryl methyl sites for hydroxylation is 1. The fourth-order valence-corrected chi connectivity index (χ4v) is 2.36. The van der Waals surface area contributed by atoms with Crippen LogP contribution in [0.5, 0.6) is 0 Å². The van der Waals surface area contributed by atoms with Gasteiger partial charge in [0.05, 0.1) is 19.3 Å². The molecule has 2 atom stereocenters. The lowest BCUT2D eigenvalue weighted by molar-refractivity contribution is 0.0306. The highest BCUT2D eigenvalue weighted by Crippen LogP contribution is 2.32. The Hall–Kier alpha value is -0.940. The van der Waals surface area contributed by atoms with Crippen LogP contribution in [0, 0.1) is 0 Å². The second kappa shape index (κ2) is 6.48. The van der Waals surface area contributed by atoms with Gasteiger partial charge in [0.1, 0.15) is 6.10 Å². The van der Waals surface area contributed by atoms with Gasteiger partial charge in [-0.15, -0.1) is 0 Å². The standard InChI is InChI=1S/C15H23NO3/c1-16(2)7-8-19-10-15(18)12-3-5-13-11(9-12)4-6-14(13)17/h3,5,9,14-15,17-18H,4,6-8,10H2,1-2H3. The Morgan fingerprint density at radius 1 is 1.42 bits per heavy atom. The quantitative estimate of drug-likeness (QED) is 0.761. The van der Waals surface area contributed by atoms with Gasteiger partial charge in [0.2, 0.25) is 0 Å². The van der Waals surface area contributed by atoms with Gasteiger partial charge in [-0.2, -0.15) is 0 Å². The van der Waals surface area contributed by atoms with Crippen molar-refractivity contribution in [3.63, 3.8) is 0 Å². The largest absolute Gasteiger partial charge is 0.388 e. The molecule has 0 saturated carbocycles. The SMILES string of the molecule is CN(C)CCOCC(O)c1ccc2c(c1)CCC2O. The number of ether oxygens (including phenoxy) is 1. The first-order valence-electron chi connectivity index (χ1n) is 6.79. The molecule has 0 heterocycles. The van der Waals surface area contributed by atoms with Crippen LogP contribution >= 0.6 is 0 Å². The van der Waals surface area contributed by atoms with E-state index in [0.717, 1.165) is 36.1 Å². The van der Waals surface area contributed by atoms with Crippen molar-refractivity contribution in [2.75, 3.05) is 33.9 Å². The maximum absolute atomic E-state index is 10.1. The summed E-state index contributed by atoms with van der Waals surface area (Å²) in [5, 5.41) is 19.8. The van der Waals surface area contributed by atoms with Crippen LogP contribution in [-0.4, -0.2) is 49.0 Å². The highest BCUT2D eigenvalue weighted by atomic mass is 16.5. The van der Waals surface area contributed by atoms with E-state index >= 15 is 0 Å². The molecule has 0 saturated heterocycles.